The summed E-state index contributed by atoms with van der Waals surface area (Å²) < 4.78 is 39.1. The molecule has 5 nitrogen and oxygen atoms in total. The van der Waals surface area contributed by atoms with E-state index in [9.17, 15) is 13.2 Å². The number of rotatable bonds is 6. The summed E-state index contributed by atoms with van der Waals surface area (Å²) in [5, 5.41) is 4.91. The highest BCUT2D eigenvalue weighted by molar-refractivity contribution is 7.10. The largest absolute Gasteiger partial charge is 0.433 e. The van der Waals surface area contributed by atoms with Gasteiger partial charge in [-0.05, 0) is 25.5 Å². The second-order valence-electron chi connectivity index (χ2n) is 5.70. The van der Waals surface area contributed by atoms with Crippen molar-refractivity contribution in [1.29, 1.82) is 0 Å². The van der Waals surface area contributed by atoms with Crippen LogP contribution in [0.25, 0.3) is 0 Å². The minimum atomic E-state index is -4.52. The topological polar surface area (TPSA) is 44.3 Å². The van der Waals surface area contributed by atoms with Crippen LogP contribution in [0.3, 0.4) is 0 Å². The third-order valence-corrected chi connectivity index (χ3v) is 4.38. The number of anilines is 2. The molecule has 9 heteroatoms. The number of alkyl halides is 3. The zero-order valence-electron chi connectivity index (χ0n) is 13.9. The van der Waals surface area contributed by atoms with Gasteiger partial charge in [-0.25, -0.2) is 4.98 Å². The molecule has 2 rings (SSSR count). The maximum atomic E-state index is 13.0. The lowest BCUT2D eigenvalue weighted by Crippen LogP contribution is -2.27. The first kappa shape index (κ1) is 18.5. The van der Waals surface area contributed by atoms with Crippen molar-refractivity contribution < 1.29 is 13.2 Å². The molecule has 132 valence electrons. The monoisotopic (exact) mass is 359 g/mol. The lowest BCUT2D eigenvalue weighted by Gasteiger charge is -2.24. The maximum Gasteiger partial charge on any atom is 0.433 e. The molecule has 0 amide bonds. The molecule has 0 fully saturated rings. The Balaban J connectivity index is 2.23. The molecule has 0 radical (unpaired) electrons. The first-order valence-electron chi connectivity index (χ1n) is 7.26. The van der Waals surface area contributed by atoms with Gasteiger partial charge in [0.1, 0.15) is 5.82 Å². The molecule has 0 spiro atoms. The fraction of sp³-hybridized carbons (Fsp3) is 0.467. The molecule has 0 aliphatic carbocycles. The number of likely N-dealkylation sites (N-methyl/N-ethyl adjacent to an activating group) is 1. The summed E-state index contributed by atoms with van der Waals surface area (Å²) in [6, 6.07) is 4.90. The Morgan fingerprint density at radius 3 is 2.42 bits per heavy atom. The van der Waals surface area contributed by atoms with Crippen LogP contribution in [0.15, 0.2) is 23.6 Å². The van der Waals surface area contributed by atoms with Crippen molar-refractivity contribution in [3.05, 3.63) is 34.2 Å². The van der Waals surface area contributed by atoms with Crippen LogP contribution < -0.4 is 10.2 Å². The Morgan fingerprint density at radius 2 is 1.92 bits per heavy atom. The van der Waals surface area contributed by atoms with Gasteiger partial charge in [0.15, 0.2) is 5.69 Å². The quantitative estimate of drug-likeness (QED) is 0.857. The maximum absolute atomic E-state index is 13.0. The van der Waals surface area contributed by atoms with Gasteiger partial charge in [0, 0.05) is 31.6 Å². The zero-order valence-corrected chi connectivity index (χ0v) is 14.7. The second-order valence-corrected chi connectivity index (χ2v) is 6.68. The van der Waals surface area contributed by atoms with E-state index >= 15 is 0 Å². The molecule has 0 saturated carbocycles. The molecule has 2 heterocycles. The molecule has 0 aromatic carbocycles. The normalized spacial score (nSPS) is 13.2. The highest BCUT2D eigenvalue weighted by atomic mass is 32.1. The predicted octanol–water partition coefficient (Wildman–Crippen LogP) is 3.34. The van der Waals surface area contributed by atoms with Crippen LogP contribution in [0, 0.1) is 0 Å². The first-order valence-corrected chi connectivity index (χ1v) is 8.13. The average molecular weight is 359 g/mol. The van der Waals surface area contributed by atoms with E-state index in [4.69, 9.17) is 0 Å². The minimum absolute atomic E-state index is 0.0194. The second kappa shape index (κ2) is 7.35. The van der Waals surface area contributed by atoms with Crippen LogP contribution in [0.1, 0.15) is 16.6 Å². The zero-order chi connectivity index (χ0) is 17.9. The SMILES string of the molecule is CN(C)c1cc(C(F)(F)F)nc(NCC(c2cccs2)N(C)C)n1. The highest BCUT2D eigenvalue weighted by Crippen LogP contribution is 2.30. The molecule has 24 heavy (non-hydrogen) atoms. The molecule has 0 aliphatic rings. The third kappa shape index (κ3) is 4.57. The molecule has 0 saturated heterocycles. The average Bonchev–Trinajstić information content (AvgIpc) is 3.00. The number of hydrogen-bond acceptors (Lipinski definition) is 6. The Morgan fingerprint density at radius 1 is 1.21 bits per heavy atom. The fourth-order valence-electron chi connectivity index (χ4n) is 2.09. The lowest BCUT2D eigenvalue weighted by molar-refractivity contribution is -0.141. The van der Waals surface area contributed by atoms with Crippen LogP contribution in [0.2, 0.25) is 0 Å². The highest BCUT2D eigenvalue weighted by Gasteiger charge is 2.34. The van der Waals surface area contributed by atoms with Crippen molar-refractivity contribution in [3.8, 4) is 0 Å². The van der Waals surface area contributed by atoms with Crippen molar-refractivity contribution in [2.24, 2.45) is 0 Å². The molecule has 1 N–H and O–H groups in total. The van der Waals surface area contributed by atoms with E-state index in [0.29, 0.717) is 6.54 Å². The molecule has 1 unspecified atom stereocenters. The molecular weight excluding hydrogens is 339 g/mol. The summed E-state index contributed by atoms with van der Waals surface area (Å²) in [6.45, 7) is 0.404. The molecular formula is C15H20F3N5S. The summed E-state index contributed by atoms with van der Waals surface area (Å²) in [6.07, 6.45) is -4.52. The van der Waals surface area contributed by atoms with Gasteiger partial charge in [0.25, 0.3) is 0 Å². The van der Waals surface area contributed by atoms with Crippen molar-refractivity contribution in [2.45, 2.75) is 12.2 Å². The number of hydrogen-bond donors (Lipinski definition) is 1. The number of nitrogens with one attached hydrogen (secondary N) is 1. The minimum Gasteiger partial charge on any atom is -0.363 e. The first-order chi connectivity index (χ1) is 11.2. The summed E-state index contributed by atoms with van der Waals surface area (Å²) in [5.74, 6) is 0.175. The van der Waals surface area contributed by atoms with Gasteiger partial charge >= 0.3 is 6.18 Å². The summed E-state index contributed by atoms with van der Waals surface area (Å²) in [5.41, 5.74) is -0.957. The van der Waals surface area contributed by atoms with Crippen molar-refractivity contribution in [3.63, 3.8) is 0 Å². The van der Waals surface area contributed by atoms with Gasteiger partial charge in [0.05, 0.1) is 6.04 Å². The van der Waals surface area contributed by atoms with Crippen LogP contribution >= 0.6 is 11.3 Å². The van der Waals surface area contributed by atoms with E-state index in [-0.39, 0.29) is 17.8 Å². The van der Waals surface area contributed by atoms with Gasteiger partial charge in [-0.2, -0.15) is 18.2 Å². The van der Waals surface area contributed by atoms with Crippen LogP contribution in [0.4, 0.5) is 24.9 Å². The summed E-state index contributed by atoms with van der Waals surface area (Å²) in [4.78, 5) is 12.4. The van der Waals surface area contributed by atoms with Crippen molar-refractivity contribution >= 4 is 23.1 Å². The van der Waals surface area contributed by atoms with Crippen LogP contribution in [0.5, 0.6) is 0 Å². The predicted molar refractivity (Wildman–Crippen MR) is 90.6 cm³/mol. The molecule has 0 bridgehead atoms. The number of halogens is 3. The van der Waals surface area contributed by atoms with E-state index in [1.54, 1.807) is 25.4 Å². The standard InChI is InChI=1S/C15H20F3N5S/c1-22(2)10(11-6-5-7-24-11)9-19-14-20-12(15(16,17)18)8-13(21-14)23(3)4/h5-8,10H,9H2,1-4H3,(H,19,20,21). The van der Waals surface area contributed by atoms with E-state index < -0.39 is 11.9 Å². The van der Waals surface area contributed by atoms with E-state index in [1.165, 1.54) is 4.90 Å². The number of nitrogens with zero attached hydrogens (tertiary/aromatic N) is 4. The van der Waals surface area contributed by atoms with Crippen LogP contribution in [-0.4, -0.2) is 49.6 Å². The molecule has 1 atom stereocenters. The van der Waals surface area contributed by atoms with Gasteiger partial charge in [0.2, 0.25) is 5.95 Å². The Kier molecular flexibility index (Phi) is 5.66. The lowest BCUT2D eigenvalue weighted by atomic mass is 10.2. The van der Waals surface area contributed by atoms with Gasteiger partial charge < -0.3 is 15.1 Å². The smallest absolute Gasteiger partial charge is 0.363 e. The number of aromatic nitrogens is 2. The Hall–Kier alpha value is -1.87. The van der Waals surface area contributed by atoms with E-state index in [2.05, 4.69) is 15.3 Å². The third-order valence-electron chi connectivity index (χ3n) is 3.41. The summed E-state index contributed by atoms with van der Waals surface area (Å²) in [7, 11) is 7.12. The van der Waals surface area contributed by atoms with E-state index in [1.807, 2.05) is 36.5 Å². The number of thiophene rings is 1. The van der Waals surface area contributed by atoms with Gasteiger partial charge in [-0.1, -0.05) is 6.07 Å². The summed E-state index contributed by atoms with van der Waals surface area (Å²) >= 11 is 1.60. The molecule has 0 aliphatic heterocycles. The van der Waals surface area contributed by atoms with Crippen molar-refractivity contribution in [2.75, 3.05) is 45.0 Å². The van der Waals surface area contributed by atoms with E-state index in [0.717, 1.165) is 10.9 Å². The Labute approximate surface area is 143 Å². The van der Waals surface area contributed by atoms with Gasteiger partial charge in [-0.3, -0.25) is 0 Å². The van der Waals surface area contributed by atoms with Crippen LogP contribution in [-0.2, 0) is 6.18 Å². The Bertz CT molecular complexity index is 656. The van der Waals surface area contributed by atoms with Gasteiger partial charge in [-0.15, -0.1) is 11.3 Å². The molecule has 2 aromatic rings. The molecule has 2 aromatic heterocycles. The fourth-order valence-corrected chi connectivity index (χ4v) is 3.02. The van der Waals surface area contributed by atoms with Crippen molar-refractivity contribution in [1.82, 2.24) is 14.9 Å².